The first-order valence-corrected chi connectivity index (χ1v) is 11.4. The highest BCUT2D eigenvalue weighted by Gasteiger charge is 2.67. The quantitative estimate of drug-likeness (QED) is 0.570. The van der Waals surface area contributed by atoms with Gasteiger partial charge in [-0.15, -0.1) is 0 Å². The number of halogens is 2. The second-order valence-electron chi connectivity index (χ2n) is 9.99. The van der Waals surface area contributed by atoms with Crippen LogP contribution in [-0.2, 0) is 10.2 Å². The van der Waals surface area contributed by atoms with Crippen molar-refractivity contribution in [2.75, 3.05) is 24.6 Å². The SMILES string of the molecule is Cc1coc(N2CCO[C@H]([C@@]34CC[C@@H](c5cc(-c6c(F)cccc6F)nnc53)C4(C)C)C2)n1. The van der Waals surface area contributed by atoms with Gasteiger partial charge in [-0.1, -0.05) is 19.9 Å². The highest BCUT2D eigenvalue weighted by atomic mass is 19.1. The van der Waals surface area contributed by atoms with Crippen molar-refractivity contribution < 1.29 is 17.9 Å². The maximum atomic E-state index is 14.5. The number of aryl methyl sites for hydroxylation is 1. The molecule has 3 aromatic rings. The van der Waals surface area contributed by atoms with Gasteiger partial charge in [-0.2, -0.15) is 15.2 Å². The number of morpholine rings is 1. The Morgan fingerprint density at radius 1 is 1.15 bits per heavy atom. The molecule has 3 atom stereocenters. The highest BCUT2D eigenvalue weighted by molar-refractivity contribution is 5.63. The summed E-state index contributed by atoms with van der Waals surface area (Å²) in [6.45, 7) is 8.34. The lowest BCUT2D eigenvalue weighted by Crippen LogP contribution is -2.56. The third-order valence-corrected chi connectivity index (χ3v) is 8.18. The fourth-order valence-electron chi connectivity index (χ4n) is 6.55. The van der Waals surface area contributed by atoms with E-state index in [9.17, 15) is 8.78 Å². The van der Waals surface area contributed by atoms with Crippen LogP contribution in [0.2, 0.25) is 0 Å². The normalized spacial score (nSPS) is 27.7. The van der Waals surface area contributed by atoms with E-state index in [4.69, 9.17) is 9.15 Å². The van der Waals surface area contributed by atoms with Gasteiger partial charge in [0.25, 0.3) is 6.01 Å². The lowest BCUT2D eigenvalue weighted by Gasteiger charge is -2.47. The summed E-state index contributed by atoms with van der Waals surface area (Å²) in [7, 11) is 0. The van der Waals surface area contributed by atoms with Crippen LogP contribution in [-0.4, -0.2) is 41.0 Å². The molecule has 2 aliphatic carbocycles. The lowest BCUT2D eigenvalue weighted by molar-refractivity contribution is -0.0475. The summed E-state index contributed by atoms with van der Waals surface area (Å²) in [4.78, 5) is 6.63. The molecule has 8 heteroatoms. The average molecular weight is 453 g/mol. The fourth-order valence-corrected chi connectivity index (χ4v) is 6.55. The zero-order valence-corrected chi connectivity index (χ0v) is 18.9. The summed E-state index contributed by atoms with van der Waals surface area (Å²) in [5, 5.41) is 8.94. The summed E-state index contributed by atoms with van der Waals surface area (Å²) in [5.41, 5.74) is 2.42. The molecule has 0 radical (unpaired) electrons. The van der Waals surface area contributed by atoms with Gasteiger partial charge in [0.1, 0.15) is 17.9 Å². The van der Waals surface area contributed by atoms with E-state index < -0.39 is 11.6 Å². The first-order valence-electron chi connectivity index (χ1n) is 11.4. The van der Waals surface area contributed by atoms with E-state index in [0.717, 1.165) is 29.8 Å². The number of ether oxygens (including phenoxy) is 1. The average Bonchev–Trinajstić information content (AvgIpc) is 3.40. The summed E-state index contributed by atoms with van der Waals surface area (Å²) in [6, 6.07) is 6.31. The van der Waals surface area contributed by atoms with Crippen LogP contribution >= 0.6 is 0 Å². The monoisotopic (exact) mass is 452 g/mol. The van der Waals surface area contributed by atoms with Gasteiger partial charge in [-0.05, 0) is 54.9 Å². The van der Waals surface area contributed by atoms with Crippen LogP contribution in [0.4, 0.5) is 14.8 Å². The molecule has 2 fully saturated rings. The van der Waals surface area contributed by atoms with Gasteiger partial charge in [0.05, 0.1) is 35.4 Å². The van der Waals surface area contributed by atoms with Crippen molar-refractivity contribution in [3.05, 3.63) is 59.1 Å². The number of fused-ring (bicyclic) bond motifs is 5. The number of oxazole rings is 1. The lowest BCUT2D eigenvalue weighted by atomic mass is 9.64. The Bertz CT molecular complexity index is 1220. The molecule has 1 saturated carbocycles. The highest BCUT2D eigenvalue weighted by Crippen LogP contribution is 2.69. The minimum atomic E-state index is -0.631. The number of hydrogen-bond acceptors (Lipinski definition) is 6. The summed E-state index contributed by atoms with van der Waals surface area (Å²) in [5.74, 6) is -1.04. The van der Waals surface area contributed by atoms with E-state index in [-0.39, 0.29) is 34.1 Å². The van der Waals surface area contributed by atoms with E-state index in [1.807, 2.05) is 13.0 Å². The summed E-state index contributed by atoms with van der Waals surface area (Å²) >= 11 is 0. The Morgan fingerprint density at radius 2 is 1.94 bits per heavy atom. The van der Waals surface area contributed by atoms with E-state index in [1.165, 1.54) is 18.2 Å². The van der Waals surface area contributed by atoms with E-state index >= 15 is 0 Å². The number of hydrogen-bond donors (Lipinski definition) is 0. The molecule has 1 saturated heterocycles. The van der Waals surface area contributed by atoms with E-state index in [0.29, 0.717) is 25.7 Å². The molecule has 172 valence electrons. The van der Waals surface area contributed by atoms with E-state index in [1.54, 1.807) is 6.26 Å². The molecule has 6 rings (SSSR count). The summed E-state index contributed by atoms with van der Waals surface area (Å²) in [6.07, 6.45) is 3.45. The van der Waals surface area contributed by atoms with Crippen LogP contribution in [0.3, 0.4) is 0 Å². The third-order valence-electron chi connectivity index (χ3n) is 8.18. The number of benzene rings is 1. The van der Waals surface area contributed by atoms with Crippen LogP contribution in [0.15, 0.2) is 34.9 Å². The first kappa shape index (κ1) is 20.7. The Kier molecular flexibility index (Phi) is 4.43. The minimum Gasteiger partial charge on any atom is -0.432 e. The Labute approximate surface area is 191 Å². The minimum absolute atomic E-state index is 0.120. The number of nitrogens with zero attached hydrogens (tertiary/aromatic N) is 4. The fraction of sp³-hybridized carbons (Fsp3) is 0.480. The van der Waals surface area contributed by atoms with Crippen LogP contribution in [0.1, 0.15) is 49.6 Å². The van der Waals surface area contributed by atoms with Gasteiger partial charge in [0.15, 0.2) is 0 Å². The molecular weight excluding hydrogens is 426 g/mol. The summed E-state index contributed by atoms with van der Waals surface area (Å²) < 4.78 is 41.0. The van der Waals surface area contributed by atoms with Crippen molar-refractivity contribution in [3.63, 3.8) is 0 Å². The van der Waals surface area contributed by atoms with Gasteiger partial charge >= 0.3 is 0 Å². The first-order chi connectivity index (χ1) is 15.8. The van der Waals surface area contributed by atoms with Gasteiger partial charge < -0.3 is 14.1 Å². The predicted molar refractivity (Wildman–Crippen MR) is 118 cm³/mol. The molecule has 33 heavy (non-hydrogen) atoms. The largest absolute Gasteiger partial charge is 0.432 e. The Balaban J connectivity index is 1.42. The smallest absolute Gasteiger partial charge is 0.297 e. The van der Waals surface area contributed by atoms with Gasteiger partial charge in [-0.3, -0.25) is 0 Å². The van der Waals surface area contributed by atoms with Crippen molar-refractivity contribution in [1.82, 2.24) is 15.2 Å². The molecule has 3 heterocycles. The maximum Gasteiger partial charge on any atom is 0.297 e. The van der Waals surface area contributed by atoms with Crippen LogP contribution in [0.25, 0.3) is 11.3 Å². The van der Waals surface area contributed by atoms with Crippen LogP contribution in [0, 0.1) is 24.0 Å². The van der Waals surface area contributed by atoms with Crippen molar-refractivity contribution in [2.24, 2.45) is 5.41 Å². The standard InChI is InChI=1S/C25H26F2N4O2/c1-14-13-33-23(28-14)31-9-10-32-20(12-31)25-8-7-16(24(25,2)3)15-11-19(29-30-22(15)25)21-17(26)5-4-6-18(21)27/h4-6,11,13,16,20H,7-10,12H2,1-3H3/t16-,20-,25-/m0/s1. The Morgan fingerprint density at radius 3 is 2.67 bits per heavy atom. The number of rotatable bonds is 3. The van der Waals surface area contributed by atoms with Crippen LogP contribution < -0.4 is 4.90 Å². The predicted octanol–water partition coefficient (Wildman–Crippen LogP) is 4.78. The van der Waals surface area contributed by atoms with Crippen molar-refractivity contribution >= 4 is 6.01 Å². The molecule has 2 bridgehead atoms. The van der Waals surface area contributed by atoms with E-state index in [2.05, 4.69) is 33.9 Å². The third kappa shape index (κ3) is 2.76. The zero-order valence-electron chi connectivity index (χ0n) is 18.9. The maximum absolute atomic E-state index is 14.5. The van der Waals surface area contributed by atoms with Gasteiger partial charge in [-0.25, -0.2) is 8.78 Å². The number of anilines is 1. The molecule has 1 aliphatic heterocycles. The topological polar surface area (TPSA) is 64.3 Å². The van der Waals surface area contributed by atoms with Crippen molar-refractivity contribution in [1.29, 1.82) is 0 Å². The van der Waals surface area contributed by atoms with Crippen molar-refractivity contribution in [2.45, 2.75) is 51.0 Å². The van der Waals surface area contributed by atoms with Crippen LogP contribution in [0.5, 0.6) is 0 Å². The van der Waals surface area contributed by atoms with Crippen molar-refractivity contribution in [3.8, 4) is 11.3 Å². The molecule has 3 aliphatic rings. The second kappa shape index (κ2) is 7.06. The molecule has 6 nitrogen and oxygen atoms in total. The molecule has 2 aromatic heterocycles. The molecule has 0 amide bonds. The number of aromatic nitrogens is 3. The molecule has 1 aromatic carbocycles. The molecule has 0 spiro atoms. The molecule has 0 unspecified atom stereocenters. The molecular formula is C25H26F2N4O2. The zero-order chi connectivity index (χ0) is 23.0. The molecule has 0 N–H and O–H groups in total. The Hall–Kier alpha value is -2.87. The van der Waals surface area contributed by atoms with Gasteiger partial charge in [0.2, 0.25) is 0 Å². The van der Waals surface area contributed by atoms with Gasteiger partial charge in [0, 0.05) is 18.5 Å². The second-order valence-corrected chi connectivity index (χ2v) is 9.99.